The number of aryl methyl sites for hydroxylation is 1. The van der Waals surface area contributed by atoms with Crippen LogP contribution in [0.3, 0.4) is 0 Å². The van der Waals surface area contributed by atoms with Gasteiger partial charge in [-0.25, -0.2) is 14.4 Å². The van der Waals surface area contributed by atoms with Crippen LogP contribution >= 0.6 is 11.6 Å². The number of nitrogens with one attached hydrogen (secondary N) is 4. The quantitative estimate of drug-likeness (QED) is 0.0532. The number of alkyl carbamates (subject to hydrolysis) is 2. The average molecular weight is 851 g/mol. The van der Waals surface area contributed by atoms with Crippen molar-refractivity contribution in [3.8, 4) is 16.9 Å². The second-order valence-corrected chi connectivity index (χ2v) is 14.4. The topological polar surface area (TPSA) is 202 Å². The zero-order valence-corrected chi connectivity index (χ0v) is 34.1. The molecule has 0 aliphatic rings. The fraction of sp³-hybridized carbons (Fsp3) is 0.239. The number of aliphatic hydroxyl groups excluding tert-OH is 1. The largest absolute Gasteiger partial charge is 0.489 e. The van der Waals surface area contributed by atoms with Crippen LogP contribution in [0.2, 0.25) is 5.02 Å². The van der Waals surface area contributed by atoms with Gasteiger partial charge < -0.3 is 45.7 Å². The van der Waals surface area contributed by atoms with Crippen LogP contribution in [0.25, 0.3) is 11.1 Å². The van der Waals surface area contributed by atoms with Gasteiger partial charge in [0.25, 0.3) is 0 Å². The standard InChI is InChI=1S/C46H47ClN4O10/c1-30-21-34(18-20-41(30)59-27-31-11-5-2-6-12-31)35-17-19-38(47)36(22-35)23-40(44(55)56)51-43(54)39(24-37(52)25-48-45(57)60-28-32-13-7-3-8-14-32)50-42(53)26-49-46(58)61-29-33-15-9-4-10-16-33/h2-22,37,39-40,52H,23-29H2,1H3,(H,48,57)(H,49,58)(H,50,53)(H,51,54)(H,55,56)/t37-,39+,40+/m1/s1. The van der Waals surface area contributed by atoms with Crippen molar-refractivity contribution in [2.24, 2.45) is 0 Å². The zero-order chi connectivity index (χ0) is 43.6. The number of carbonyl (C=O) groups is 5. The van der Waals surface area contributed by atoms with Crippen LogP contribution in [0.1, 0.15) is 34.2 Å². The number of aliphatic hydroxyl groups is 1. The number of ether oxygens (including phenoxy) is 3. The molecule has 0 saturated carbocycles. The molecule has 0 fully saturated rings. The van der Waals surface area contributed by atoms with E-state index in [1.165, 1.54) is 0 Å². The average Bonchev–Trinajstić information content (AvgIpc) is 3.27. The Hall–Kier alpha value is -6.90. The maximum absolute atomic E-state index is 13.7. The molecule has 61 heavy (non-hydrogen) atoms. The molecule has 318 valence electrons. The first kappa shape index (κ1) is 45.2. The maximum atomic E-state index is 13.7. The van der Waals surface area contributed by atoms with Crippen molar-refractivity contribution in [1.82, 2.24) is 21.3 Å². The Kier molecular flexibility index (Phi) is 17.1. The lowest BCUT2D eigenvalue weighted by Gasteiger charge is -2.24. The van der Waals surface area contributed by atoms with E-state index in [9.17, 15) is 34.2 Å². The van der Waals surface area contributed by atoms with Crippen LogP contribution in [0.15, 0.2) is 127 Å². The normalized spacial score (nSPS) is 12.2. The minimum atomic E-state index is -1.52. The molecular formula is C46H47ClN4O10. The number of rotatable bonds is 20. The summed E-state index contributed by atoms with van der Waals surface area (Å²) in [5, 5.41) is 30.9. The molecule has 0 spiro atoms. The number of benzene rings is 5. The Morgan fingerprint density at radius 2 is 1.20 bits per heavy atom. The van der Waals surface area contributed by atoms with Crippen molar-refractivity contribution in [2.45, 2.75) is 57.8 Å². The Morgan fingerprint density at radius 1 is 0.656 bits per heavy atom. The van der Waals surface area contributed by atoms with E-state index in [1.807, 2.05) is 67.6 Å². The van der Waals surface area contributed by atoms with Crippen LogP contribution in [0.5, 0.6) is 5.75 Å². The Bertz CT molecular complexity index is 2250. The number of carboxylic acids is 1. The lowest BCUT2D eigenvalue weighted by Crippen LogP contribution is -2.55. The molecule has 0 radical (unpaired) electrons. The number of halogens is 1. The zero-order valence-electron chi connectivity index (χ0n) is 33.3. The molecular weight excluding hydrogens is 804 g/mol. The number of carboxylic acid groups (broad SMARTS) is 1. The molecule has 5 aromatic rings. The van der Waals surface area contributed by atoms with Crippen LogP contribution in [-0.2, 0) is 50.1 Å². The van der Waals surface area contributed by atoms with E-state index >= 15 is 0 Å². The predicted molar refractivity (Wildman–Crippen MR) is 227 cm³/mol. The maximum Gasteiger partial charge on any atom is 0.407 e. The smallest absolute Gasteiger partial charge is 0.407 e. The number of carbonyl (C=O) groups excluding carboxylic acids is 4. The third-order valence-electron chi connectivity index (χ3n) is 9.29. The van der Waals surface area contributed by atoms with E-state index in [-0.39, 0.29) is 31.2 Å². The number of hydrogen-bond acceptors (Lipinski definition) is 9. The molecule has 3 atom stereocenters. The molecule has 0 saturated heterocycles. The molecule has 6 N–H and O–H groups in total. The van der Waals surface area contributed by atoms with Gasteiger partial charge in [-0.3, -0.25) is 9.59 Å². The first-order valence-corrected chi connectivity index (χ1v) is 19.8. The predicted octanol–water partition coefficient (Wildman–Crippen LogP) is 6.09. The van der Waals surface area contributed by atoms with Crippen LogP contribution in [0, 0.1) is 6.92 Å². The first-order chi connectivity index (χ1) is 29.4. The number of hydrogen-bond donors (Lipinski definition) is 6. The summed E-state index contributed by atoms with van der Waals surface area (Å²) >= 11 is 6.56. The minimum absolute atomic E-state index is 0.0236. The van der Waals surface area contributed by atoms with E-state index in [1.54, 1.807) is 66.7 Å². The van der Waals surface area contributed by atoms with E-state index in [2.05, 4.69) is 21.3 Å². The first-order valence-electron chi connectivity index (χ1n) is 19.4. The summed E-state index contributed by atoms with van der Waals surface area (Å²) in [6.45, 7) is 1.27. The van der Waals surface area contributed by atoms with Crippen molar-refractivity contribution in [3.63, 3.8) is 0 Å². The third-order valence-corrected chi connectivity index (χ3v) is 9.66. The van der Waals surface area contributed by atoms with Gasteiger partial charge >= 0.3 is 18.2 Å². The van der Waals surface area contributed by atoms with E-state index in [4.69, 9.17) is 25.8 Å². The van der Waals surface area contributed by atoms with Gasteiger partial charge in [-0.1, -0.05) is 115 Å². The monoisotopic (exact) mass is 850 g/mol. The fourth-order valence-corrected chi connectivity index (χ4v) is 6.26. The molecule has 0 bridgehead atoms. The van der Waals surface area contributed by atoms with Crippen LogP contribution in [0.4, 0.5) is 9.59 Å². The van der Waals surface area contributed by atoms with Crippen molar-refractivity contribution < 1.29 is 48.4 Å². The van der Waals surface area contributed by atoms with Crippen LogP contribution < -0.4 is 26.0 Å². The highest BCUT2D eigenvalue weighted by molar-refractivity contribution is 6.31. The molecule has 0 unspecified atom stereocenters. The van der Waals surface area contributed by atoms with Gasteiger partial charge in [-0.15, -0.1) is 0 Å². The van der Waals surface area contributed by atoms with Gasteiger partial charge in [0.05, 0.1) is 6.10 Å². The number of amides is 4. The molecule has 0 heterocycles. The van der Waals surface area contributed by atoms with Crippen molar-refractivity contribution >= 4 is 41.6 Å². The molecule has 0 aliphatic carbocycles. The summed E-state index contributed by atoms with van der Waals surface area (Å²) in [6.07, 6.45) is -3.83. The highest BCUT2D eigenvalue weighted by atomic mass is 35.5. The van der Waals surface area contributed by atoms with Gasteiger partial charge in [0.15, 0.2) is 0 Å². The highest BCUT2D eigenvalue weighted by Crippen LogP contribution is 2.30. The third kappa shape index (κ3) is 15.0. The van der Waals surface area contributed by atoms with Gasteiger partial charge in [-0.2, -0.15) is 0 Å². The molecule has 5 rings (SSSR count). The Morgan fingerprint density at radius 3 is 1.77 bits per heavy atom. The number of aliphatic carboxylic acids is 1. The molecule has 0 aromatic heterocycles. The summed E-state index contributed by atoms with van der Waals surface area (Å²) in [4.78, 5) is 63.9. The van der Waals surface area contributed by atoms with Gasteiger partial charge in [0, 0.05) is 24.4 Å². The summed E-state index contributed by atoms with van der Waals surface area (Å²) in [5.74, 6) is -2.47. The summed E-state index contributed by atoms with van der Waals surface area (Å²) in [7, 11) is 0. The lowest BCUT2D eigenvalue weighted by atomic mass is 9.97. The van der Waals surface area contributed by atoms with Crippen molar-refractivity contribution in [3.05, 3.63) is 160 Å². The van der Waals surface area contributed by atoms with E-state index in [0.717, 1.165) is 33.4 Å². The Balaban J connectivity index is 1.23. The van der Waals surface area contributed by atoms with Crippen molar-refractivity contribution in [2.75, 3.05) is 13.1 Å². The molecule has 15 heteroatoms. The molecule has 4 amide bonds. The van der Waals surface area contributed by atoms with Crippen LogP contribution in [-0.4, -0.2) is 71.5 Å². The highest BCUT2D eigenvalue weighted by Gasteiger charge is 2.29. The SMILES string of the molecule is Cc1cc(-c2ccc(Cl)c(C[C@H](NC(=O)[C@H](C[C@@H](O)CNC(=O)OCc3ccccc3)NC(=O)CNC(=O)OCc3ccccc3)C(=O)O)c2)ccc1OCc1ccccc1. The fourth-order valence-electron chi connectivity index (χ4n) is 6.06. The van der Waals surface area contributed by atoms with Gasteiger partial charge in [0.2, 0.25) is 11.8 Å². The van der Waals surface area contributed by atoms with Gasteiger partial charge in [-0.05, 0) is 70.1 Å². The summed E-state index contributed by atoms with van der Waals surface area (Å²) in [5.41, 5.74) is 5.36. The second kappa shape index (κ2) is 23.0. The van der Waals surface area contributed by atoms with Crippen molar-refractivity contribution in [1.29, 1.82) is 0 Å². The minimum Gasteiger partial charge on any atom is -0.489 e. The van der Waals surface area contributed by atoms with E-state index < -0.39 is 61.1 Å². The van der Waals surface area contributed by atoms with Gasteiger partial charge in [0.1, 0.15) is 44.2 Å². The molecule has 5 aromatic carbocycles. The summed E-state index contributed by atoms with van der Waals surface area (Å²) in [6, 6.07) is 35.4. The molecule has 0 aliphatic heterocycles. The molecule has 14 nitrogen and oxygen atoms in total. The van der Waals surface area contributed by atoms with E-state index in [0.29, 0.717) is 17.9 Å². The Labute approximate surface area is 358 Å². The lowest BCUT2D eigenvalue weighted by molar-refractivity contribution is -0.142. The second-order valence-electron chi connectivity index (χ2n) is 14.0. The summed E-state index contributed by atoms with van der Waals surface area (Å²) < 4.78 is 16.3.